The molecule has 29 heavy (non-hydrogen) atoms. The molecule has 154 valence electrons. The minimum Gasteiger partial charge on any atom is -0.352 e. The van der Waals surface area contributed by atoms with Gasteiger partial charge < -0.3 is 10.2 Å². The van der Waals surface area contributed by atoms with Crippen LogP contribution in [0.25, 0.3) is 0 Å². The summed E-state index contributed by atoms with van der Waals surface area (Å²) in [6.07, 6.45) is 0.240. The van der Waals surface area contributed by atoms with Gasteiger partial charge in [-0.1, -0.05) is 57.2 Å². The Balaban J connectivity index is 1.56. The summed E-state index contributed by atoms with van der Waals surface area (Å²) < 4.78 is 12.9. The van der Waals surface area contributed by atoms with Crippen molar-refractivity contribution in [1.82, 2.24) is 10.2 Å². The number of halogens is 1. The van der Waals surface area contributed by atoms with Crippen LogP contribution in [0, 0.1) is 5.82 Å². The molecule has 0 spiro atoms. The van der Waals surface area contributed by atoms with E-state index in [1.807, 2.05) is 0 Å². The van der Waals surface area contributed by atoms with E-state index in [1.165, 1.54) is 17.7 Å². The number of thioether (sulfide) groups is 1. The lowest BCUT2D eigenvalue weighted by Crippen LogP contribution is -2.33. The summed E-state index contributed by atoms with van der Waals surface area (Å²) in [6, 6.07) is 14.4. The summed E-state index contributed by atoms with van der Waals surface area (Å²) in [5.41, 5.74) is 3.26. The predicted octanol–water partition coefficient (Wildman–Crippen LogP) is 4.40. The molecule has 6 heteroatoms. The van der Waals surface area contributed by atoms with Crippen molar-refractivity contribution in [3.05, 3.63) is 71.0 Å². The minimum atomic E-state index is -0.299. The smallest absolute Gasteiger partial charge is 0.233 e. The normalized spacial score (nSPS) is 16.9. The highest BCUT2D eigenvalue weighted by Crippen LogP contribution is 2.39. The van der Waals surface area contributed by atoms with Gasteiger partial charge in [0.05, 0.1) is 5.75 Å². The molecule has 1 saturated heterocycles. The highest BCUT2D eigenvalue weighted by atomic mass is 32.2. The van der Waals surface area contributed by atoms with E-state index < -0.39 is 0 Å². The van der Waals surface area contributed by atoms with Crippen LogP contribution in [0.15, 0.2) is 48.5 Å². The molecular formula is C23H27FN2O2S. The van der Waals surface area contributed by atoms with Crippen LogP contribution in [0.4, 0.5) is 4.39 Å². The van der Waals surface area contributed by atoms with Crippen molar-refractivity contribution in [1.29, 1.82) is 0 Å². The number of carbonyl (C=O) groups is 2. The Hall–Kier alpha value is -2.34. The average Bonchev–Trinajstić information content (AvgIpc) is 3.06. The molecular weight excluding hydrogens is 387 g/mol. The van der Waals surface area contributed by atoms with E-state index >= 15 is 0 Å². The molecule has 0 aliphatic carbocycles. The van der Waals surface area contributed by atoms with Crippen LogP contribution in [0.3, 0.4) is 0 Å². The van der Waals surface area contributed by atoms with Gasteiger partial charge in [0.1, 0.15) is 11.2 Å². The Kier molecular flexibility index (Phi) is 6.63. The quantitative estimate of drug-likeness (QED) is 0.762. The fourth-order valence-corrected chi connectivity index (χ4v) is 4.45. The van der Waals surface area contributed by atoms with Crippen LogP contribution < -0.4 is 5.32 Å². The molecule has 1 unspecified atom stereocenters. The molecule has 1 aliphatic heterocycles. The van der Waals surface area contributed by atoms with Crippen LogP contribution in [-0.2, 0) is 21.5 Å². The van der Waals surface area contributed by atoms with Crippen molar-refractivity contribution in [2.24, 2.45) is 0 Å². The maximum atomic E-state index is 12.9. The molecule has 0 bridgehead atoms. The minimum absolute atomic E-state index is 0.0542. The number of amides is 2. The molecule has 1 heterocycles. The maximum absolute atomic E-state index is 12.9. The summed E-state index contributed by atoms with van der Waals surface area (Å²) in [6.45, 7) is 7.25. The molecule has 2 aromatic carbocycles. The maximum Gasteiger partial charge on any atom is 0.233 e. The molecule has 2 amide bonds. The van der Waals surface area contributed by atoms with E-state index in [-0.39, 0.29) is 34.8 Å². The summed E-state index contributed by atoms with van der Waals surface area (Å²) in [4.78, 5) is 26.3. The second-order valence-corrected chi connectivity index (χ2v) is 9.34. The lowest BCUT2D eigenvalue weighted by atomic mass is 9.86. The van der Waals surface area contributed by atoms with E-state index in [4.69, 9.17) is 0 Å². The summed E-state index contributed by atoms with van der Waals surface area (Å²) in [5.74, 6) is 0.0712. The number of hydrogen-bond acceptors (Lipinski definition) is 3. The molecule has 0 aromatic heterocycles. The third-order valence-corrected chi connectivity index (χ3v) is 6.27. The summed E-state index contributed by atoms with van der Waals surface area (Å²) in [5, 5.41) is 2.78. The zero-order valence-electron chi connectivity index (χ0n) is 17.1. The third kappa shape index (κ3) is 5.60. The summed E-state index contributed by atoms with van der Waals surface area (Å²) in [7, 11) is 0. The Labute approximate surface area is 175 Å². The number of rotatable bonds is 6. The van der Waals surface area contributed by atoms with Gasteiger partial charge in [-0.05, 0) is 34.2 Å². The number of nitrogens with one attached hydrogen (secondary N) is 1. The van der Waals surface area contributed by atoms with Gasteiger partial charge in [-0.3, -0.25) is 9.59 Å². The summed E-state index contributed by atoms with van der Waals surface area (Å²) >= 11 is 1.60. The van der Waals surface area contributed by atoms with Gasteiger partial charge in [0.25, 0.3) is 0 Å². The van der Waals surface area contributed by atoms with Gasteiger partial charge in [0, 0.05) is 19.5 Å². The van der Waals surface area contributed by atoms with E-state index in [9.17, 15) is 14.0 Å². The zero-order chi connectivity index (χ0) is 21.0. The first-order valence-corrected chi connectivity index (χ1v) is 10.8. The lowest BCUT2D eigenvalue weighted by molar-refractivity contribution is -0.129. The van der Waals surface area contributed by atoms with E-state index in [0.29, 0.717) is 18.8 Å². The molecule has 1 aliphatic rings. The van der Waals surface area contributed by atoms with Crippen molar-refractivity contribution in [3.63, 3.8) is 0 Å². The number of nitrogens with zero attached hydrogens (tertiary/aromatic N) is 1. The van der Waals surface area contributed by atoms with Gasteiger partial charge in [0.2, 0.25) is 11.8 Å². The standard InChI is InChI=1S/C23H27FN2O2S/c1-23(2,3)18-8-6-17(7-9-18)22-26(21(28)15-29-22)13-12-20(27)25-14-16-4-10-19(24)11-5-16/h4-11,22H,12-15H2,1-3H3,(H,25,27). The van der Waals surface area contributed by atoms with Gasteiger partial charge in [-0.25, -0.2) is 4.39 Å². The first-order valence-electron chi connectivity index (χ1n) is 9.77. The first-order chi connectivity index (χ1) is 13.7. The van der Waals surface area contributed by atoms with Crippen LogP contribution in [0.5, 0.6) is 0 Å². The van der Waals surface area contributed by atoms with Gasteiger partial charge in [-0.2, -0.15) is 0 Å². The van der Waals surface area contributed by atoms with Crippen LogP contribution >= 0.6 is 11.8 Å². The third-order valence-electron chi connectivity index (χ3n) is 5.01. The molecule has 2 aromatic rings. The van der Waals surface area contributed by atoms with Crippen molar-refractivity contribution in [2.75, 3.05) is 12.3 Å². The van der Waals surface area contributed by atoms with Crippen molar-refractivity contribution >= 4 is 23.6 Å². The van der Waals surface area contributed by atoms with Crippen LogP contribution in [0.2, 0.25) is 0 Å². The molecule has 4 nitrogen and oxygen atoms in total. The molecule has 1 fully saturated rings. The second kappa shape index (κ2) is 8.99. The predicted molar refractivity (Wildman–Crippen MR) is 115 cm³/mol. The number of hydrogen-bond donors (Lipinski definition) is 1. The molecule has 1 N–H and O–H groups in total. The van der Waals surface area contributed by atoms with Gasteiger partial charge in [-0.15, -0.1) is 11.8 Å². The highest BCUT2D eigenvalue weighted by molar-refractivity contribution is 8.00. The number of carbonyl (C=O) groups excluding carboxylic acids is 2. The van der Waals surface area contributed by atoms with Gasteiger partial charge in [0.15, 0.2) is 0 Å². The Bertz CT molecular complexity index is 860. The monoisotopic (exact) mass is 414 g/mol. The van der Waals surface area contributed by atoms with Gasteiger partial charge >= 0.3 is 0 Å². The van der Waals surface area contributed by atoms with E-state index in [0.717, 1.165) is 11.1 Å². The lowest BCUT2D eigenvalue weighted by Gasteiger charge is -2.25. The Morgan fingerprint density at radius 3 is 2.41 bits per heavy atom. The largest absolute Gasteiger partial charge is 0.352 e. The Morgan fingerprint density at radius 1 is 1.14 bits per heavy atom. The van der Waals surface area contributed by atoms with E-state index in [2.05, 4.69) is 50.4 Å². The SMILES string of the molecule is CC(C)(C)c1ccc(C2SCC(=O)N2CCC(=O)NCc2ccc(F)cc2)cc1. The second-order valence-electron chi connectivity index (χ2n) is 8.28. The Morgan fingerprint density at radius 2 is 1.79 bits per heavy atom. The molecule has 0 saturated carbocycles. The fraction of sp³-hybridized carbons (Fsp3) is 0.391. The number of benzene rings is 2. The van der Waals surface area contributed by atoms with Crippen molar-refractivity contribution in [2.45, 2.75) is 44.5 Å². The van der Waals surface area contributed by atoms with E-state index in [1.54, 1.807) is 28.8 Å². The highest BCUT2D eigenvalue weighted by Gasteiger charge is 2.33. The van der Waals surface area contributed by atoms with Crippen LogP contribution in [0.1, 0.15) is 49.3 Å². The fourth-order valence-electron chi connectivity index (χ4n) is 3.23. The molecule has 0 radical (unpaired) electrons. The van der Waals surface area contributed by atoms with Crippen molar-refractivity contribution < 1.29 is 14.0 Å². The molecule has 3 rings (SSSR count). The zero-order valence-corrected chi connectivity index (χ0v) is 17.9. The average molecular weight is 415 g/mol. The first kappa shape index (κ1) is 21.4. The van der Waals surface area contributed by atoms with Crippen molar-refractivity contribution in [3.8, 4) is 0 Å². The van der Waals surface area contributed by atoms with Crippen LogP contribution in [-0.4, -0.2) is 29.0 Å². The molecule has 1 atom stereocenters. The topological polar surface area (TPSA) is 49.4 Å².